The van der Waals surface area contributed by atoms with E-state index in [0.717, 1.165) is 51.9 Å². The van der Waals surface area contributed by atoms with E-state index in [1.807, 2.05) is 0 Å². The van der Waals surface area contributed by atoms with E-state index in [1.54, 1.807) is 0 Å². The molecule has 5 nitrogen and oxygen atoms in total. The monoisotopic (exact) mass is 300 g/mol. The first-order valence-corrected chi connectivity index (χ1v) is 8.89. The maximum Gasteiger partial charge on any atom is 0.191 e. The van der Waals surface area contributed by atoms with Crippen molar-refractivity contribution in [1.29, 1.82) is 0 Å². The van der Waals surface area contributed by atoms with Crippen LogP contribution in [0.5, 0.6) is 0 Å². The van der Waals surface area contributed by atoms with Gasteiger partial charge in [-0.25, -0.2) is 0 Å². The van der Waals surface area contributed by atoms with Crippen LogP contribution in [-0.2, 0) is 4.74 Å². The van der Waals surface area contributed by atoms with Crippen molar-refractivity contribution in [3.05, 3.63) is 0 Å². The quantitative estimate of drug-likeness (QED) is 0.580. The SMILES string of the molecule is CCNC(=NC[C@@]1(N2CCOCC2)CCSC1)NCC. The maximum absolute atomic E-state index is 5.50. The van der Waals surface area contributed by atoms with E-state index >= 15 is 0 Å². The molecule has 1 atom stereocenters. The summed E-state index contributed by atoms with van der Waals surface area (Å²) < 4.78 is 5.50. The molecule has 6 heteroatoms. The predicted molar refractivity (Wildman–Crippen MR) is 86.7 cm³/mol. The molecule has 0 aliphatic carbocycles. The van der Waals surface area contributed by atoms with Crippen molar-refractivity contribution in [3.8, 4) is 0 Å². The molecule has 2 saturated heterocycles. The van der Waals surface area contributed by atoms with Crippen LogP contribution in [0.3, 0.4) is 0 Å². The summed E-state index contributed by atoms with van der Waals surface area (Å²) in [6.07, 6.45) is 1.24. The van der Waals surface area contributed by atoms with Crippen LogP contribution < -0.4 is 10.6 Å². The van der Waals surface area contributed by atoms with Crippen LogP contribution in [0.25, 0.3) is 0 Å². The van der Waals surface area contributed by atoms with Gasteiger partial charge in [0.25, 0.3) is 0 Å². The minimum Gasteiger partial charge on any atom is -0.379 e. The van der Waals surface area contributed by atoms with Crippen LogP contribution in [-0.4, -0.2) is 73.8 Å². The van der Waals surface area contributed by atoms with E-state index in [2.05, 4.69) is 41.1 Å². The molecule has 0 aromatic carbocycles. The van der Waals surface area contributed by atoms with Gasteiger partial charge in [-0.05, 0) is 26.0 Å². The van der Waals surface area contributed by atoms with Crippen LogP contribution in [0.2, 0.25) is 0 Å². The number of nitrogens with one attached hydrogen (secondary N) is 2. The summed E-state index contributed by atoms with van der Waals surface area (Å²) in [7, 11) is 0. The zero-order valence-corrected chi connectivity index (χ0v) is 13.6. The molecule has 2 heterocycles. The Labute approximate surface area is 126 Å². The molecule has 2 rings (SSSR count). The Bertz CT molecular complexity index is 304. The second-order valence-corrected chi connectivity index (χ2v) is 6.46. The molecule has 0 aromatic rings. The third-order valence-electron chi connectivity index (χ3n) is 3.98. The highest BCUT2D eigenvalue weighted by Gasteiger charge is 2.40. The van der Waals surface area contributed by atoms with Crippen molar-refractivity contribution in [2.24, 2.45) is 4.99 Å². The lowest BCUT2D eigenvalue weighted by molar-refractivity contribution is -0.0104. The Hall–Kier alpha value is -0.460. The maximum atomic E-state index is 5.50. The van der Waals surface area contributed by atoms with Crippen molar-refractivity contribution >= 4 is 17.7 Å². The Morgan fingerprint density at radius 3 is 2.50 bits per heavy atom. The predicted octanol–water partition coefficient (Wildman–Crippen LogP) is 0.769. The second kappa shape index (κ2) is 8.10. The molecular formula is C14H28N4OS. The van der Waals surface area contributed by atoms with Crippen molar-refractivity contribution in [3.63, 3.8) is 0 Å². The van der Waals surface area contributed by atoms with Gasteiger partial charge < -0.3 is 15.4 Å². The Morgan fingerprint density at radius 1 is 1.25 bits per heavy atom. The molecule has 20 heavy (non-hydrogen) atoms. The number of ether oxygens (including phenoxy) is 1. The van der Waals surface area contributed by atoms with E-state index < -0.39 is 0 Å². The number of guanidine groups is 1. The summed E-state index contributed by atoms with van der Waals surface area (Å²) in [5.74, 6) is 3.40. The van der Waals surface area contributed by atoms with Gasteiger partial charge in [-0.2, -0.15) is 11.8 Å². The van der Waals surface area contributed by atoms with Crippen molar-refractivity contribution in [2.75, 3.05) is 57.4 Å². The molecular weight excluding hydrogens is 272 g/mol. The average molecular weight is 300 g/mol. The van der Waals surface area contributed by atoms with Gasteiger partial charge in [-0.1, -0.05) is 0 Å². The number of thioether (sulfide) groups is 1. The smallest absolute Gasteiger partial charge is 0.191 e. The van der Waals surface area contributed by atoms with E-state index in [0.29, 0.717) is 0 Å². The molecule has 0 bridgehead atoms. The molecule has 0 spiro atoms. The Morgan fingerprint density at radius 2 is 1.95 bits per heavy atom. The highest BCUT2D eigenvalue weighted by molar-refractivity contribution is 7.99. The molecule has 2 fully saturated rings. The molecule has 2 N–H and O–H groups in total. The summed E-state index contributed by atoms with van der Waals surface area (Å²) in [5.41, 5.74) is 0.241. The van der Waals surface area contributed by atoms with Crippen LogP contribution >= 0.6 is 11.8 Å². The molecule has 0 saturated carbocycles. The molecule has 0 aromatic heterocycles. The van der Waals surface area contributed by atoms with E-state index in [1.165, 1.54) is 17.9 Å². The van der Waals surface area contributed by atoms with Crippen LogP contribution in [0.15, 0.2) is 4.99 Å². The van der Waals surface area contributed by atoms with Gasteiger partial charge in [0.2, 0.25) is 0 Å². The molecule has 0 radical (unpaired) electrons. The number of aliphatic imine (C=N–C) groups is 1. The number of rotatable bonds is 5. The van der Waals surface area contributed by atoms with Crippen LogP contribution in [0.4, 0.5) is 0 Å². The fourth-order valence-electron chi connectivity index (χ4n) is 2.84. The lowest BCUT2D eigenvalue weighted by Crippen LogP contribution is -2.56. The van der Waals surface area contributed by atoms with Crippen molar-refractivity contribution in [2.45, 2.75) is 25.8 Å². The van der Waals surface area contributed by atoms with Gasteiger partial charge in [0.15, 0.2) is 5.96 Å². The van der Waals surface area contributed by atoms with E-state index in [4.69, 9.17) is 9.73 Å². The molecule has 2 aliphatic rings. The first kappa shape index (κ1) is 15.9. The summed E-state index contributed by atoms with van der Waals surface area (Å²) in [5, 5.41) is 6.63. The van der Waals surface area contributed by atoms with Gasteiger partial charge in [0, 0.05) is 31.9 Å². The minimum atomic E-state index is 0.241. The second-order valence-electron chi connectivity index (χ2n) is 5.35. The molecule has 2 aliphatic heterocycles. The van der Waals surface area contributed by atoms with E-state index in [9.17, 15) is 0 Å². The third-order valence-corrected chi connectivity index (χ3v) is 5.22. The number of nitrogens with zero attached hydrogens (tertiary/aromatic N) is 2. The van der Waals surface area contributed by atoms with Crippen LogP contribution in [0.1, 0.15) is 20.3 Å². The van der Waals surface area contributed by atoms with Gasteiger partial charge in [-0.3, -0.25) is 9.89 Å². The fraction of sp³-hybridized carbons (Fsp3) is 0.929. The zero-order valence-electron chi connectivity index (χ0n) is 12.8. The zero-order chi connectivity index (χ0) is 14.3. The van der Waals surface area contributed by atoms with Gasteiger partial charge in [-0.15, -0.1) is 0 Å². The van der Waals surface area contributed by atoms with Crippen molar-refractivity contribution in [1.82, 2.24) is 15.5 Å². The topological polar surface area (TPSA) is 48.9 Å². The Balaban J connectivity index is 2.02. The summed E-state index contributed by atoms with van der Waals surface area (Å²) >= 11 is 2.06. The first-order chi connectivity index (χ1) is 9.80. The minimum absolute atomic E-state index is 0.241. The van der Waals surface area contributed by atoms with Gasteiger partial charge >= 0.3 is 0 Å². The highest BCUT2D eigenvalue weighted by atomic mass is 32.2. The average Bonchev–Trinajstić information content (AvgIpc) is 2.96. The number of morpholine rings is 1. The molecule has 0 amide bonds. The largest absolute Gasteiger partial charge is 0.379 e. The number of hydrogen-bond acceptors (Lipinski definition) is 4. The third kappa shape index (κ3) is 4.02. The summed E-state index contributed by atoms with van der Waals surface area (Å²) in [4.78, 5) is 7.44. The lowest BCUT2D eigenvalue weighted by Gasteiger charge is -2.42. The molecule has 116 valence electrons. The molecule has 0 unspecified atom stereocenters. The summed E-state index contributed by atoms with van der Waals surface area (Å²) in [6.45, 7) is 10.7. The van der Waals surface area contributed by atoms with Gasteiger partial charge in [0.1, 0.15) is 0 Å². The fourth-order valence-corrected chi connectivity index (χ4v) is 4.31. The highest BCUT2D eigenvalue weighted by Crippen LogP contribution is 2.34. The first-order valence-electron chi connectivity index (χ1n) is 7.73. The standard InChI is InChI=1S/C14H28N4OS/c1-3-15-13(16-4-2)17-11-14(5-10-20-12-14)18-6-8-19-9-7-18/h3-12H2,1-2H3,(H2,15,16,17)/t14-/m0/s1. The van der Waals surface area contributed by atoms with Gasteiger partial charge in [0.05, 0.1) is 25.3 Å². The number of hydrogen-bond donors (Lipinski definition) is 2. The Kier molecular flexibility index (Phi) is 6.45. The van der Waals surface area contributed by atoms with Crippen molar-refractivity contribution < 1.29 is 4.74 Å². The van der Waals surface area contributed by atoms with E-state index in [-0.39, 0.29) is 5.54 Å². The normalized spacial score (nSPS) is 27.3. The summed E-state index contributed by atoms with van der Waals surface area (Å²) in [6, 6.07) is 0. The lowest BCUT2D eigenvalue weighted by atomic mass is 9.96. The van der Waals surface area contributed by atoms with Crippen LogP contribution in [0, 0.1) is 0 Å².